The van der Waals surface area contributed by atoms with Gasteiger partial charge in [0.2, 0.25) is 0 Å². The van der Waals surface area contributed by atoms with Crippen LogP contribution in [0.25, 0.3) is 0 Å². The van der Waals surface area contributed by atoms with E-state index in [1.165, 1.54) is 19.0 Å². The smallest absolute Gasteiger partial charge is 0.150 e. The van der Waals surface area contributed by atoms with Crippen molar-refractivity contribution in [2.24, 2.45) is 0 Å². The molecule has 1 atom stereocenters. The quantitative estimate of drug-likeness (QED) is 0.871. The minimum absolute atomic E-state index is 0.287. The summed E-state index contributed by atoms with van der Waals surface area (Å²) in [6, 6.07) is 1.97. The van der Waals surface area contributed by atoms with Crippen LogP contribution >= 0.6 is 11.6 Å². The Balaban J connectivity index is 1.64. The van der Waals surface area contributed by atoms with Gasteiger partial charge in [-0.1, -0.05) is 11.6 Å². The van der Waals surface area contributed by atoms with Gasteiger partial charge in [0, 0.05) is 31.1 Å². The summed E-state index contributed by atoms with van der Waals surface area (Å²) in [4.78, 5) is 12.5. The lowest BCUT2D eigenvalue weighted by molar-refractivity contribution is 0.0247. The Hall–Kier alpha value is -1.92. The second-order valence-corrected chi connectivity index (χ2v) is 5.99. The molecule has 2 aromatic rings. The van der Waals surface area contributed by atoms with E-state index in [4.69, 9.17) is 16.3 Å². The second kappa shape index (κ2) is 7.57. The molecular weight excluding hydrogens is 314 g/mol. The van der Waals surface area contributed by atoms with Crippen LogP contribution in [-0.2, 0) is 4.74 Å². The van der Waals surface area contributed by atoms with E-state index in [0.717, 1.165) is 30.8 Å². The Labute approximate surface area is 140 Å². The van der Waals surface area contributed by atoms with Gasteiger partial charge < -0.3 is 15.4 Å². The molecule has 0 aliphatic carbocycles. The van der Waals surface area contributed by atoms with Crippen molar-refractivity contribution in [1.82, 2.24) is 15.0 Å². The number of anilines is 3. The van der Waals surface area contributed by atoms with Gasteiger partial charge in [0.25, 0.3) is 0 Å². The van der Waals surface area contributed by atoms with E-state index in [1.807, 2.05) is 19.2 Å². The highest BCUT2D eigenvalue weighted by Gasteiger charge is 2.14. The lowest BCUT2D eigenvalue weighted by atomic mass is 10.1. The van der Waals surface area contributed by atoms with Crippen LogP contribution in [0.4, 0.5) is 17.3 Å². The molecule has 1 saturated heterocycles. The first kappa shape index (κ1) is 16.0. The van der Waals surface area contributed by atoms with Gasteiger partial charge in [-0.2, -0.15) is 0 Å². The monoisotopic (exact) mass is 333 g/mol. The van der Waals surface area contributed by atoms with E-state index in [2.05, 4.69) is 25.6 Å². The molecule has 1 aliphatic rings. The molecule has 6 nitrogen and oxygen atoms in total. The van der Waals surface area contributed by atoms with Crippen molar-refractivity contribution in [2.45, 2.75) is 32.3 Å². The lowest BCUT2D eigenvalue weighted by Gasteiger charge is -2.23. The van der Waals surface area contributed by atoms with Gasteiger partial charge in [-0.15, -0.1) is 0 Å². The average Bonchev–Trinajstić information content (AvgIpc) is 2.58. The highest BCUT2D eigenvalue weighted by molar-refractivity contribution is 6.29. The average molecular weight is 334 g/mol. The molecule has 1 aliphatic heterocycles. The number of hydrogen-bond acceptors (Lipinski definition) is 6. The molecule has 23 heavy (non-hydrogen) atoms. The van der Waals surface area contributed by atoms with E-state index >= 15 is 0 Å². The summed E-state index contributed by atoms with van der Waals surface area (Å²) in [7, 11) is 0. The highest BCUT2D eigenvalue weighted by atomic mass is 35.5. The van der Waals surface area contributed by atoms with E-state index in [-0.39, 0.29) is 6.10 Å². The lowest BCUT2D eigenvalue weighted by Crippen LogP contribution is -2.27. The zero-order valence-electron chi connectivity index (χ0n) is 13.1. The summed E-state index contributed by atoms with van der Waals surface area (Å²) in [5.74, 6) is 1.31. The fraction of sp³-hybridized carbons (Fsp3) is 0.438. The molecule has 3 rings (SSSR count). The third kappa shape index (κ3) is 4.53. The van der Waals surface area contributed by atoms with Crippen molar-refractivity contribution in [2.75, 3.05) is 23.8 Å². The van der Waals surface area contributed by atoms with Crippen LogP contribution in [0.2, 0.25) is 5.15 Å². The van der Waals surface area contributed by atoms with E-state index in [9.17, 15) is 0 Å². The van der Waals surface area contributed by atoms with E-state index in [1.54, 1.807) is 6.20 Å². The molecule has 0 saturated carbocycles. The maximum atomic E-state index is 5.75. The first-order chi connectivity index (χ1) is 11.2. The fourth-order valence-electron chi connectivity index (χ4n) is 2.48. The zero-order chi connectivity index (χ0) is 16.1. The highest BCUT2D eigenvalue weighted by Crippen LogP contribution is 2.21. The van der Waals surface area contributed by atoms with Crippen molar-refractivity contribution in [3.8, 4) is 0 Å². The predicted molar refractivity (Wildman–Crippen MR) is 91.4 cm³/mol. The Bertz CT molecular complexity index is 643. The molecule has 0 bridgehead atoms. The van der Waals surface area contributed by atoms with Gasteiger partial charge in [0.15, 0.2) is 0 Å². The van der Waals surface area contributed by atoms with Crippen molar-refractivity contribution in [3.05, 3.63) is 35.4 Å². The Morgan fingerprint density at radius 1 is 1.17 bits per heavy atom. The molecule has 0 aromatic carbocycles. The van der Waals surface area contributed by atoms with Crippen LogP contribution in [0.15, 0.2) is 24.7 Å². The molecule has 0 amide bonds. The SMILES string of the molecule is Cc1cnc(Nc2cnc(Cl)cn2)cc1NC[C@@H]1CCCCO1. The minimum Gasteiger partial charge on any atom is -0.382 e. The number of rotatable bonds is 5. The van der Waals surface area contributed by atoms with Gasteiger partial charge in [-0.05, 0) is 31.7 Å². The Morgan fingerprint density at radius 2 is 2.04 bits per heavy atom. The summed E-state index contributed by atoms with van der Waals surface area (Å²) in [6.45, 7) is 3.71. The number of ether oxygens (including phenoxy) is 1. The summed E-state index contributed by atoms with van der Waals surface area (Å²) in [5.41, 5.74) is 2.13. The molecule has 122 valence electrons. The number of nitrogens with zero attached hydrogens (tertiary/aromatic N) is 3. The van der Waals surface area contributed by atoms with Crippen LogP contribution in [0.1, 0.15) is 24.8 Å². The summed E-state index contributed by atoms with van der Waals surface area (Å²) < 4.78 is 5.75. The number of aryl methyl sites for hydroxylation is 1. The molecular formula is C16H20ClN5O. The van der Waals surface area contributed by atoms with Crippen molar-refractivity contribution in [3.63, 3.8) is 0 Å². The van der Waals surface area contributed by atoms with Crippen LogP contribution in [-0.4, -0.2) is 34.2 Å². The van der Waals surface area contributed by atoms with Crippen molar-refractivity contribution < 1.29 is 4.74 Å². The molecule has 7 heteroatoms. The normalized spacial score (nSPS) is 17.7. The van der Waals surface area contributed by atoms with Crippen LogP contribution < -0.4 is 10.6 Å². The zero-order valence-corrected chi connectivity index (χ0v) is 13.8. The number of hydrogen-bond donors (Lipinski definition) is 2. The largest absolute Gasteiger partial charge is 0.382 e. The number of nitrogens with one attached hydrogen (secondary N) is 2. The Kier molecular flexibility index (Phi) is 5.25. The topological polar surface area (TPSA) is 72.0 Å². The minimum atomic E-state index is 0.287. The molecule has 2 aromatic heterocycles. The number of halogens is 1. The fourth-order valence-corrected chi connectivity index (χ4v) is 2.58. The summed E-state index contributed by atoms with van der Waals surface area (Å²) in [6.07, 6.45) is 8.71. The standard InChI is InChI=1S/C16H20ClN5O/c1-11-7-20-15(22-16-10-19-14(17)9-21-16)6-13(11)18-8-12-4-2-3-5-23-12/h6-7,9-10,12H,2-5,8H2,1H3,(H2,18,20,21,22)/t12-/m0/s1. The second-order valence-electron chi connectivity index (χ2n) is 5.60. The number of aromatic nitrogens is 3. The first-order valence-corrected chi connectivity index (χ1v) is 8.15. The van der Waals surface area contributed by atoms with Crippen molar-refractivity contribution >= 4 is 28.9 Å². The van der Waals surface area contributed by atoms with Crippen molar-refractivity contribution in [1.29, 1.82) is 0 Å². The van der Waals surface area contributed by atoms with Gasteiger partial charge in [-0.25, -0.2) is 15.0 Å². The van der Waals surface area contributed by atoms with Gasteiger partial charge in [-0.3, -0.25) is 0 Å². The molecule has 1 fully saturated rings. The van der Waals surface area contributed by atoms with Gasteiger partial charge in [0.1, 0.15) is 16.8 Å². The van der Waals surface area contributed by atoms with Crippen LogP contribution in [0.5, 0.6) is 0 Å². The Morgan fingerprint density at radius 3 is 2.78 bits per heavy atom. The van der Waals surface area contributed by atoms with Crippen LogP contribution in [0, 0.1) is 6.92 Å². The maximum Gasteiger partial charge on any atom is 0.150 e. The van der Waals surface area contributed by atoms with E-state index in [0.29, 0.717) is 16.8 Å². The number of pyridine rings is 1. The molecule has 0 spiro atoms. The summed E-state index contributed by atoms with van der Waals surface area (Å²) in [5, 5.41) is 6.94. The van der Waals surface area contributed by atoms with E-state index < -0.39 is 0 Å². The molecule has 2 N–H and O–H groups in total. The van der Waals surface area contributed by atoms with Crippen LogP contribution in [0.3, 0.4) is 0 Å². The molecule has 3 heterocycles. The third-order valence-electron chi connectivity index (χ3n) is 3.77. The maximum absolute atomic E-state index is 5.75. The van der Waals surface area contributed by atoms with Gasteiger partial charge >= 0.3 is 0 Å². The molecule has 0 radical (unpaired) electrons. The summed E-state index contributed by atoms with van der Waals surface area (Å²) >= 11 is 5.74. The van der Waals surface area contributed by atoms with Gasteiger partial charge in [0.05, 0.1) is 18.5 Å². The first-order valence-electron chi connectivity index (χ1n) is 7.77. The molecule has 0 unspecified atom stereocenters. The predicted octanol–water partition coefficient (Wildman–Crippen LogP) is 3.56. The third-order valence-corrected chi connectivity index (χ3v) is 3.97.